The highest BCUT2D eigenvalue weighted by Gasteiger charge is 2.16. The van der Waals surface area contributed by atoms with E-state index in [9.17, 15) is 9.59 Å². The Bertz CT molecular complexity index is 1020. The van der Waals surface area contributed by atoms with Crippen LogP contribution in [0, 0.1) is 6.92 Å². The number of nitrogens with zero attached hydrogens (tertiary/aromatic N) is 2. The molecule has 1 N–H and O–H groups in total. The van der Waals surface area contributed by atoms with Gasteiger partial charge in [0.1, 0.15) is 5.03 Å². The van der Waals surface area contributed by atoms with E-state index in [1.54, 1.807) is 30.5 Å². The summed E-state index contributed by atoms with van der Waals surface area (Å²) < 4.78 is 5.21. The zero-order valence-electron chi connectivity index (χ0n) is 17.1. The third-order valence-corrected chi connectivity index (χ3v) is 5.25. The molecule has 0 radical (unpaired) electrons. The van der Waals surface area contributed by atoms with Crippen molar-refractivity contribution >= 4 is 35.0 Å². The van der Waals surface area contributed by atoms with E-state index in [-0.39, 0.29) is 6.61 Å². The molecule has 2 aromatic carbocycles. The Morgan fingerprint density at radius 1 is 1.03 bits per heavy atom. The second-order valence-corrected chi connectivity index (χ2v) is 7.90. The van der Waals surface area contributed by atoms with Crippen LogP contribution in [0.1, 0.15) is 15.9 Å². The Morgan fingerprint density at radius 3 is 2.40 bits per heavy atom. The summed E-state index contributed by atoms with van der Waals surface area (Å²) in [5.74, 6) is -0.992. The molecule has 0 atom stereocenters. The van der Waals surface area contributed by atoms with Crippen molar-refractivity contribution < 1.29 is 14.3 Å². The Balaban J connectivity index is 1.59. The highest BCUT2D eigenvalue weighted by atomic mass is 32.2. The van der Waals surface area contributed by atoms with Crippen LogP contribution in [-0.2, 0) is 9.53 Å². The van der Waals surface area contributed by atoms with E-state index < -0.39 is 11.9 Å². The molecule has 1 amide bonds. The van der Waals surface area contributed by atoms with Crippen LogP contribution in [0.25, 0.3) is 0 Å². The Hall–Kier alpha value is -3.32. The molecule has 0 aliphatic heterocycles. The zero-order chi connectivity index (χ0) is 21.5. The van der Waals surface area contributed by atoms with Crippen LogP contribution in [0.2, 0.25) is 0 Å². The fraction of sp³-hybridized carbons (Fsp3) is 0.174. The van der Waals surface area contributed by atoms with Crippen molar-refractivity contribution in [1.82, 2.24) is 4.98 Å². The van der Waals surface area contributed by atoms with E-state index in [1.807, 2.05) is 62.3 Å². The Kier molecular flexibility index (Phi) is 7.08. The quantitative estimate of drug-likeness (QED) is 0.570. The number of anilines is 2. The smallest absolute Gasteiger partial charge is 0.341 e. The standard InChI is InChI=1S/C23H23N3O3S/c1-16-6-12-19(13-7-16)30-22-20(5-4-14-24-22)23(28)29-15-21(27)25-17-8-10-18(11-9-17)26(2)3/h4-14H,15H2,1-3H3,(H,25,27). The molecule has 0 saturated heterocycles. The molecule has 1 heterocycles. The number of rotatable bonds is 7. The molecule has 0 fully saturated rings. The molecular formula is C23H23N3O3S. The molecule has 0 saturated carbocycles. The van der Waals surface area contributed by atoms with Gasteiger partial charge in [0.25, 0.3) is 5.91 Å². The molecule has 3 rings (SSSR count). The van der Waals surface area contributed by atoms with Crippen LogP contribution >= 0.6 is 11.8 Å². The van der Waals surface area contributed by atoms with Gasteiger partial charge in [0.05, 0.1) is 5.56 Å². The third kappa shape index (κ3) is 5.84. The number of hydrogen-bond acceptors (Lipinski definition) is 6. The van der Waals surface area contributed by atoms with Crippen LogP contribution in [0.15, 0.2) is 76.8 Å². The number of hydrogen-bond donors (Lipinski definition) is 1. The molecule has 1 aromatic heterocycles. The van der Waals surface area contributed by atoms with Crippen LogP contribution in [0.5, 0.6) is 0 Å². The van der Waals surface area contributed by atoms with E-state index in [0.29, 0.717) is 16.3 Å². The van der Waals surface area contributed by atoms with Gasteiger partial charge >= 0.3 is 5.97 Å². The normalized spacial score (nSPS) is 10.4. The first-order valence-corrected chi connectivity index (χ1v) is 10.2. The van der Waals surface area contributed by atoms with Gasteiger partial charge < -0.3 is 15.0 Å². The van der Waals surface area contributed by atoms with Crippen molar-refractivity contribution in [3.8, 4) is 0 Å². The highest BCUT2D eigenvalue weighted by Crippen LogP contribution is 2.29. The van der Waals surface area contributed by atoms with Crippen molar-refractivity contribution in [1.29, 1.82) is 0 Å². The van der Waals surface area contributed by atoms with Gasteiger partial charge in [0.15, 0.2) is 6.61 Å². The molecule has 30 heavy (non-hydrogen) atoms. The van der Waals surface area contributed by atoms with Gasteiger partial charge in [-0.25, -0.2) is 9.78 Å². The van der Waals surface area contributed by atoms with E-state index in [2.05, 4.69) is 10.3 Å². The predicted molar refractivity (Wildman–Crippen MR) is 119 cm³/mol. The Labute approximate surface area is 180 Å². The van der Waals surface area contributed by atoms with Crippen molar-refractivity contribution in [2.75, 3.05) is 30.9 Å². The molecule has 0 aliphatic rings. The number of amides is 1. The molecule has 154 valence electrons. The van der Waals surface area contributed by atoms with E-state index in [0.717, 1.165) is 16.1 Å². The minimum atomic E-state index is -0.587. The SMILES string of the molecule is Cc1ccc(Sc2ncccc2C(=O)OCC(=O)Nc2ccc(N(C)C)cc2)cc1. The van der Waals surface area contributed by atoms with E-state index in [1.165, 1.54) is 11.8 Å². The fourth-order valence-corrected chi connectivity index (χ4v) is 3.46. The number of benzene rings is 2. The molecule has 0 bridgehead atoms. The van der Waals surface area contributed by atoms with Gasteiger partial charge in [0, 0.05) is 36.6 Å². The zero-order valence-corrected chi connectivity index (χ0v) is 17.9. The lowest BCUT2D eigenvalue weighted by molar-refractivity contribution is -0.119. The fourth-order valence-electron chi connectivity index (χ4n) is 2.59. The second kappa shape index (κ2) is 9.93. The number of carbonyl (C=O) groups is 2. The van der Waals surface area contributed by atoms with E-state index >= 15 is 0 Å². The van der Waals surface area contributed by atoms with Crippen molar-refractivity contribution in [2.24, 2.45) is 0 Å². The first kappa shape index (κ1) is 21.4. The molecule has 6 nitrogen and oxygen atoms in total. The van der Waals surface area contributed by atoms with Crippen molar-refractivity contribution in [2.45, 2.75) is 16.8 Å². The summed E-state index contributed by atoms with van der Waals surface area (Å²) in [7, 11) is 3.88. The molecule has 7 heteroatoms. The maximum atomic E-state index is 12.5. The molecular weight excluding hydrogens is 398 g/mol. The summed E-state index contributed by atoms with van der Waals surface area (Å²) in [6, 6.07) is 18.6. The Morgan fingerprint density at radius 2 is 1.73 bits per heavy atom. The second-order valence-electron chi connectivity index (χ2n) is 6.84. The maximum Gasteiger partial charge on any atom is 0.341 e. The number of esters is 1. The highest BCUT2D eigenvalue weighted by molar-refractivity contribution is 7.99. The molecule has 0 spiro atoms. The average Bonchev–Trinajstić information content (AvgIpc) is 2.74. The van der Waals surface area contributed by atoms with Gasteiger partial charge in [-0.3, -0.25) is 4.79 Å². The molecule has 0 unspecified atom stereocenters. The number of nitrogens with one attached hydrogen (secondary N) is 1. The number of aryl methyl sites for hydroxylation is 1. The summed E-state index contributed by atoms with van der Waals surface area (Å²) in [6.45, 7) is 1.64. The summed E-state index contributed by atoms with van der Waals surface area (Å²) in [6.07, 6.45) is 1.62. The molecule has 3 aromatic rings. The van der Waals surface area contributed by atoms with Crippen LogP contribution in [0.3, 0.4) is 0 Å². The number of carbonyl (C=O) groups excluding carboxylic acids is 2. The van der Waals surface area contributed by atoms with Crippen LogP contribution < -0.4 is 10.2 Å². The monoisotopic (exact) mass is 421 g/mol. The summed E-state index contributed by atoms with van der Waals surface area (Å²) in [4.78, 5) is 31.9. The first-order chi connectivity index (χ1) is 14.4. The first-order valence-electron chi connectivity index (χ1n) is 9.36. The van der Waals surface area contributed by atoms with Crippen molar-refractivity contribution in [3.63, 3.8) is 0 Å². The van der Waals surface area contributed by atoms with Gasteiger partial charge in [-0.15, -0.1) is 0 Å². The van der Waals surface area contributed by atoms with Crippen LogP contribution in [-0.4, -0.2) is 37.6 Å². The van der Waals surface area contributed by atoms with Crippen molar-refractivity contribution in [3.05, 3.63) is 78.0 Å². The molecule has 0 aliphatic carbocycles. The minimum Gasteiger partial charge on any atom is -0.452 e. The van der Waals surface area contributed by atoms with Gasteiger partial charge in [-0.05, 0) is 55.5 Å². The largest absolute Gasteiger partial charge is 0.452 e. The topological polar surface area (TPSA) is 71.5 Å². The van der Waals surface area contributed by atoms with Gasteiger partial charge in [0.2, 0.25) is 0 Å². The summed E-state index contributed by atoms with van der Waals surface area (Å²) >= 11 is 1.38. The number of ether oxygens (including phenoxy) is 1. The summed E-state index contributed by atoms with van der Waals surface area (Å²) in [5, 5.41) is 3.25. The minimum absolute atomic E-state index is 0.325. The lowest BCUT2D eigenvalue weighted by atomic mass is 10.2. The van der Waals surface area contributed by atoms with E-state index in [4.69, 9.17) is 4.74 Å². The van der Waals surface area contributed by atoms with Crippen LogP contribution in [0.4, 0.5) is 11.4 Å². The van der Waals surface area contributed by atoms with Gasteiger partial charge in [-0.2, -0.15) is 0 Å². The third-order valence-electron chi connectivity index (χ3n) is 4.23. The number of pyridine rings is 1. The average molecular weight is 422 g/mol. The predicted octanol–water partition coefficient (Wildman–Crippen LogP) is 4.40. The van der Waals surface area contributed by atoms with Gasteiger partial charge in [-0.1, -0.05) is 29.5 Å². The lowest BCUT2D eigenvalue weighted by Gasteiger charge is -2.13. The summed E-state index contributed by atoms with van der Waals surface area (Å²) in [5.41, 5.74) is 3.14. The lowest BCUT2D eigenvalue weighted by Crippen LogP contribution is -2.21. The maximum absolute atomic E-state index is 12.5. The number of aromatic nitrogens is 1.